The van der Waals surface area contributed by atoms with Gasteiger partial charge in [0.2, 0.25) is 11.9 Å². The molecule has 10 heteroatoms. The lowest BCUT2D eigenvalue weighted by Crippen LogP contribution is -2.29. The molecule has 2 heterocycles. The van der Waals surface area contributed by atoms with E-state index in [1.807, 2.05) is 31.3 Å². The predicted molar refractivity (Wildman–Crippen MR) is 135 cm³/mol. The first-order valence-electron chi connectivity index (χ1n) is 11.3. The fourth-order valence-electron chi connectivity index (χ4n) is 3.60. The molecule has 0 fully saturated rings. The van der Waals surface area contributed by atoms with Crippen molar-refractivity contribution in [2.24, 2.45) is 0 Å². The first-order valence-corrected chi connectivity index (χ1v) is 11.7. The standard InChI is InChI=1S/C25H26ClN7O2/c1-33-10-8-23(34)28-9-3-11-35-22-7-6-19(26)13-21(22)31-25-29-15-18(14-27)24(32-25)30-20-5-2-4-17(12-20)16-33/h2,4-7,12-13,15H,3,8-11,16H2,1H3,(H,28,34)(H2,29,30,31,32). The minimum Gasteiger partial charge on any atom is -0.491 e. The molecule has 0 saturated heterocycles. The second kappa shape index (κ2) is 11.5. The maximum atomic E-state index is 12.2. The molecule has 3 N–H and O–H groups in total. The number of halogens is 1. The van der Waals surface area contributed by atoms with Crippen LogP contribution < -0.4 is 20.7 Å². The van der Waals surface area contributed by atoms with Gasteiger partial charge < -0.3 is 25.6 Å². The largest absolute Gasteiger partial charge is 0.491 e. The van der Waals surface area contributed by atoms with E-state index in [9.17, 15) is 10.1 Å². The number of nitrogens with zero attached hydrogens (tertiary/aromatic N) is 4. The molecule has 9 nitrogen and oxygen atoms in total. The van der Waals surface area contributed by atoms with E-state index in [1.165, 1.54) is 6.20 Å². The van der Waals surface area contributed by atoms with Crippen LogP contribution in [0.5, 0.6) is 5.75 Å². The first kappa shape index (κ1) is 24.3. The number of fused-ring (bicyclic) bond motifs is 5. The van der Waals surface area contributed by atoms with Gasteiger partial charge in [-0.15, -0.1) is 0 Å². The lowest BCUT2D eigenvalue weighted by atomic mass is 10.2. The predicted octanol–water partition coefficient (Wildman–Crippen LogP) is 4.21. The van der Waals surface area contributed by atoms with Crippen molar-refractivity contribution in [1.29, 1.82) is 5.26 Å². The Kier molecular flexibility index (Phi) is 7.98. The van der Waals surface area contributed by atoms with Crippen LogP contribution in [0.2, 0.25) is 5.02 Å². The summed E-state index contributed by atoms with van der Waals surface area (Å²) >= 11 is 6.21. The van der Waals surface area contributed by atoms with Crippen molar-refractivity contribution in [3.8, 4) is 11.8 Å². The molecule has 0 atom stereocenters. The lowest BCUT2D eigenvalue weighted by molar-refractivity contribution is -0.121. The Bertz CT molecular complexity index is 1240. The van der Waals surface area contributed by atoms with Crippen molar-refractivity contribution in [1.82, 2.24) is 20.2 Å². The quantitative estimate of drug-likeness (QED) is 0.428. The number of rotatable bonds is 0. The van der Waals surface area contributed by atoms with Gasteiger partial charge in [-0.1, -0.05) is 23.7 Å². The Labute approximate surface area is 209 Å². The highest BCUT2D eigenvalue weighted by atomic mass is 35.5. The Hall–Kier alpha value is -3.87. The van der Waals surface area contributed by atoms with Crippen molar-refractivity contribution >= 4 is 40.6 Å². The van der Waals surface area contributed by atoms with Crippen LogP contribution in [0.1, 0.15) is 24.0 Å². The van der Waals surface area contributed by atoms with Gasteiger partial charge in [-0.2, -0.15) is 10.2 Å². The topological polar surface area (TPSA) is 115 Å². The normalized spacial score (nSPS) is 15.3. The lowest BCUT2D eigenvalue weighted by Gasteiger charge is -2.18. The van der Waals surface area contributed by atoms with Crippen LogP contribution in [0.25, 0.3) is 0 Å². The molecule has 180 valence electrons. The minimum atomic E-state index is 0.00943. The van der Waals surface area contributed by atoms with Gasteiger partial charge in [0.15, 0.2) is 5.82 Å². The van der Waals surface area contributed by atoms with E-state index >= 15 is 0 Å². The molecule has 1 aliphatic heterocycles. The summed E-state index contributed by atoms with van der Waals surface area (Å²) in [5.41, 5.74) is 2.76. The molecule has 1 aliphatic rings. The SMILES string of the molecule is CN1CCC(=O)NCCCOc2ccc(Cl)cc2Nc2ncc(C#N)c(n2)Nc2cccc(c2)C1. The van der Waals surface area contributed by atoms with Crippen LogP contribution >= 0.6 is 11.6 Å². The zero-order valence-electron chi connectivity index (χ0n) is 19.3. The summed E-state index contributed by atoms with van der Waals surface area (Å²) in [5.74, 6) is 1.25. The molecule has 0 unspecified atom stereocenters. The van der Waals surface area contributed by atoms with Crippen LogP contribution in [0, 0.1) is 11.3 Å². The highest BCUT2D eigenvalue weighted by Gasteiger charge is 2.12. The van der Waals surface area contributed by atoms with Gasteiger partial charge in [-0.3, -0.25) is 4.79 Å². The smallest absolute Gasteiger partial charge is 0.229 e. The third-order valence-corrected chi connectivity index (χ3v) is 5.60. The number of carbonyl (C=O) groups excluding carboxylic acids is 1. The average Bonchev–Trinajstić information content (AvgIpc) is 2.84. The molecule has 4 rings (SSSR count). The first-order chi connectivity index (χ1) is 17.0. The summed E-state index contributed by atoms with van der Waals surface area (Å²) in [6.45, 7) is 2.24. The highest BCUT2D eigenvalue weighted by Crippen LogP contribution is 2.31. The number of amides is 1. The molecule has 35 heavy (non-hydrogen) atoms. The molecule has 1 aromatic heterocycles. The van der Waals surface area contributed by atoms with E-state index in [0.717, 1.165) is 11.3 Å². The van der Waals surface area contributed by atoms with Gasteiger partial charge >= 0.3 is 0 Å². The third-order valence-electron chi connectivity index (χ3n) is 5.36. The van der Waals surface area contributed by atoms with Crippen LogP contribution in [-0.4, -0.2) is 47.5 Å². The van der Waals surface area contributed by atoms with Crippen LogP contribution in [-0.2, 0) is 11.3 Å². The molecule has 4 bridgehead atoms. The van der Waals surface area contributed by atoms with E-state index in [1.54, 1.807) is 18.2 Å². The van der Waals surface area contributed by atoms with E-state index in [4.69, 9.17) is 16.3 Å². The van der Waals surface area contributed by atoms with Gasteiger partial charge in [0.1, 0.15) is 17.4 Å². The molecule has 1 amide bonds. The van der Waals surface area contributed by atoms with Crippen molar-refractivity contribution in [2.45, 2.75) is 19.4 Å². The molecule has 0 saturated carbocycles. The monoisotopic (exact) mass is 491 g/mol. The van der Waals surface area contributed by atoms with E-state index in [2.05, 4.69) is 36.9 Å². The number of nitriles is 1. The average molecular weight is 492 g/mol. The molecule has 0 aliphatic carbocycles. The van der Waals surface area contributed by atoms with Gasteiger partial charge in [0, 0.05) is 36.8 Å². The van der Waals surface area contributed by atoms with Gasteiger partial charge in [0.05, 0.1) is 18.5 Å². The second-order valence-corrected chi connectivity index (χ2v) is 8.63. The van der Waals surface area contributed by atoms with Crippen LogP contribution in [0.15, 0.2) is 48.7 Å². The second-order valence-electron chi connectivity index (χ2n) is 8.20. The maximum absolute atomic E-state index is 12.2. The number of hydrogen-bond donors (Lipinski definition) is 3. The number of carbonyl (C=O) groups is 1. The summed E-state index contributed by atoms with van der Waals surface area (Å²) in [6, 6.07) is 15.2. The summed E-state index contributed by atoms with van der Waals surface area (Å²) in [7, 11) is 1.98. The van der Waals surface area contributed by atoms with Gasteiger partial charge in [-0.05, 0) is 49.4 Å². The highest BCUT2D eigenvalue weighted by molar-refractivity contribution is 6.31. The Morgan fingerprint density at radius 1 is 1.20 bits per heavy atom. The number of benzene rings is 2. The molecular weight excluding hydrogens is 466 g/mol. The zero-order chi connectivity index (χ0) is 24.6. The van der Waals surface area contributed by atoms with Gasteiger partial charge in [0.25, 0.3) is 0 Å². The van der Waals surface area contributed by atoms with E-state index in [-0.39, 0.29) is 11.9 Å². The van der Waals surface area contributed by atoms with Crippen molar-refractivity contribution in [3.05, 3.63) is 64.8 Å². The summed E-state index contributed by atoms with van der Waals surface area (Å²) in [4.78, 5) is 23.1. The Morgan fingerprint density at radius 2 is 2.09 bits per heavy atom. The van der Waals surface area contributed by atoms with Crippen molar-refractivity contribution < 1.29 is 9.53 Å². The third kappa shape index (κ3) is 6.82. The molecule has 0 radical (unpaired) electrons. The van der Waals surface area contributed by atoms with Crippen LogP contribution in [0.3, 0.4) is 0 Å². The maximum Gasteiger partial charge on any atom is 0.229 e. The van der Waals surface area contributed by atoms with Crippen LogP contribution in [0.4, 0.5) is 23.1 Å². The fraction of sp³-hybridized carbons (Fsp3) is 0.280. The number of ether oxygens (including phenoxy) is 1. The molecular formula is C25H26ClN7O2. The van der Waals surface area contributed by atoms with Crippen molar-refractivity contribution in [2.75, 3.05) is 37.4 Å². The fourth-order valence-corrected chi connectivity index (χ4v) is 3.78. The molecule has 0 spiro atoms. The van der Waals surface area contributed by atoms with Crippen molar-refractivity contribution in [3.63, 3.8) is 0 Å². The Balaban J connectivity index is 1.66. The summed E-state index contributed by atoms with van der Waals surface area (Å²) in [6.07, 6.45) is 2.53. The van der Waals surface area contributed by atoms with E-state index < -0.39 is 0 Å². The number of hydrogen-bond acceptors (Lipinski definition) is 8. The summed E-state index contributed by atoms with van der Waals surface area (Å²) < 4.78 is 5.92. The number of aromatic nitrogens is 2. The number of nitrogens with one attached hydrogen (secondary N) is 3. The minimum absolute atomic E-state index is 0.00943. The van der Waals surface area contributed by atoms with Gasteiger partial charge in [-0.25, -0.2) is 4.98 Å². The number of anilines is 4. The Morgan fingerprint density at radius 3 is 2.94 bits per heavy atom. The molecule has 2 aromatic carbocycles. The van der Waals surface area contributed by atoms with E-state index in [0.29, 0.717) is 66.9 Å². The zero-order valence-corrected chi connectivity index (χ0v) is 20.1. The summed E-state index contributed by atoms with van der Waals surface area (Å²) in [5, 5.41) is 19.4. The molecule has 3 aromatic rings.